The number of carbonyl (C=O) groups is 1. The summed E-state index contributed by atoms with van der Waals surface area (Å²) in [5.41, 5.74) is 1.19. The molecule has 2 aromatic heterocycles. The van der Waals surface area contributed by atoms with Gasteiger partial charge in [0.25, 0.3) is 5.91 Å². The maximum Gasteiger partial charge on any atom is 0.274 e. The smallest absolute Gasteiger partial charge is 0.274 e. The lowest BCUT2D eigenvalue weighted by Crippen LogP contribution is -2.23. The Morgan fingerprint density at radius 2 is 2.18 bits per heavy atom. The van der Waals surface area contributed by atoms with E-state index in [0.29, 0.717) is 12.3 Å². The highest BCUT2D eigenvalue weighted by molar-refractivity contribution is 7.13. The van der Waals surface area contributed by atoms with Crippen molar-refractivity contribution in [3.05, 3.63) is 59.4 Å². The van der Waals surface area contributed by atoms with Crippen LogP contribution in [0.5, 0.6) is 5.75 Å². The molecule has 0 aliphatic carbocycles. The van der Waals surface area contributed by atoms with Crippen LogP contribution in [-0.4, -0.2) is 18.0 Å². The molecule has 0 spiro atoms. The maximum absolute atomic E-state index is 12.3. The fourth-order valence-electron chi connectivity index (χ4n) is 2.10. The minimum Gasteiger partial charge on any atom is -0.496 e. The van der Waals surface area contributed by atoms with E-state index < -0.39 is 0 Å². The summed E-state index contributed by atoms with van der Waals surface area (Å²) in [5, 5.41) is 4.77. The highest BCUT2D eigenvalue weighted by Gasteiger charge is 2.19. The van der Waals surface area contributed by atoms with Crippen molar-refractivity contribution in [2.24, 2.45) is 0 Å². The molecule has 1 N–H and O–H groups in total. The molecule has 0 aliphatic heterocycles. The lowest BCUT2D eigenvalue weighted by Gasteiger charge is -2.08. The van der Waals surface area contributed by atoms with Gasteiger partial charge >= 0.3 is 0 Å². The van der Waals surface area contributed by atoms with Gasteiger partial charge in [-0.3, -0.25) is 4.79 Å². The van der Waals surface area contributed by atoms with Crippen LogP contribution in [0.25, 0.3) is 10.6 Å². The minimum atomic E-state index is -0.275. The normalized spacial score (nSPS) is 10.4. The zero-order valence-electron chi connectivity index (χ0n) is 11.9. The molecule has 0 aliphatic rings. The molecule has 0 atom stereocenters. The Bertz CT molecular complexity index is 765. The van der Waals surface area contributed by atoms with Crippen LogP contribution in [0.3, 0.4) is 0 Å². The number of aromatic nitrogens is 1. The van der Waals surface area contributed by atoms with Gasteiger partial charge in [0.05, 0.1) is 12.0 Å². The number of nitrogens with zero attached hydrogens (tertiary/aromatic N) is 1. The standard InChI is InChI=1S/C16H14N2O3S/c1-20-12-6-3-2-5-11(12)9-17-16(19)14-15(21-10-18-14)13-7-4-8-22-13/h2-8,10H,9H2,1H3,(H,17,19). The Labute approximate surface area is 131 Å². The van der Waals surface area contributed by atoms with E-state index in [0.717, 1.165) is 16.2 Å². The van der Waals surface area contributed by atoms with Crippen molar-refractivity contribution < 1.29 is 13.9 Å². The van der Waals surface area contributed by atoms with Crippen LogP contribution in [0.4, 0.5) is 0 Å². The first-order chi connectivity index (χ1) is 10.8. The summed E-state index contributed by atoms with van der Waals surface area (Å²) in [6.07, 6.45) is 1.28. The average molecular weight is 314 g/mol. The topological polar surface area (TPSA) is 64.4 Å². The van der Waals surface area contributed by atoms with Crippen molar-refractivity contribution in [1.82, 2.24) is 10.3 Å². The molecule has 0 bridgehead atoms. The molecule has 3 aromatic rings. The molecule has 0 unspecified atom stereocenters. The lowest BCUT2D eigenvalue weighted by atomic mass is 10.2. The van der Waals surface area contributed by atoms with Gasteiger partial charge in [0.2, 0.25) is 0 Å². The summed E-state index contributed by atoms with van der Waals surface area (Å²) in [6.45, 7) is 0.361. The lowest BCUT2D eigenvalue weighted by molar-refractivity contribution is 0.0946. The summed E-state index contributed by atoms with van der Waals surface area (Å²) < 4.78 is 10.6. The molecule has 5 nitrogen and oxygen atoms in total. The highest BCUT2D eigenvalue weighted by atomic mass is 32.1. The average Bonchev–Trinajstić information content (AvgIpc) is 3.23. The van der Waals surface area contributed by atoms with Gasteiger partial charge in [-0.1, -0.05) is 24.3 Å². The van der Waals surface area contributed by atoms with Crippen LogP contribution < -0.4 is 10.1 Å². The first-order valence-corrected chi connectivity index (χ1v) is 7.55. The van der Waals surface area contributed by atoms with E-state index in [1.807, 2.05) is 41.8 Å². The number of carbonyl (C=O) groups excluding carboxylic acids is 1. The molecule has 1 amide bonds. The zero-order valence-corrected chi connectivity index (χ0v) is 12.7. The van der Waals surface area contributed by atoms with Crippen LogP contribution in [0.1, 0.15) is 16.1 Å². The third kappa shape index (κ3) is 2.87. The molecule has 22 heavy (non-hydrogen) atoms. The van der Waals surface area contributed by atoms with Gasteiger partial charge in [-0.15, -0.1) is 11.3 Å². The summed E-state index contributed by atoms with van der Waals surface area (Å²) in [7, 11) is 1.60. The number of rotatable bonds is 5. The Morgan fingerprint density at radius 1 is 1.32 bits per heavy atom. The molecular weight excluding hydrogens is 300 g/mol. The summed E-state index contributed by atoms with van der Waals surface area (Å²) in [6, 6.07) is 11.3. The van der Waals surface area contributed by atoms with E-state index in [4.69, 9.17) is 9.15 Å². The van der Waals surface area contributed by atoms with Crippen LogP contribution >= 0.6 is 11.3 Å². The van der Waals surface area contributed by atoms with Crippen molar-refractivity contribution in [3.8, 4) is 16.4 Å². The highest BCUT2D eigenvalue weighted by Crippen LogP contribution is 2.27. The predicted octanol–water partition coefficient (Wildman–Crippen LogP) is 3.34. The number of para-hydroxylation sites is 1. The molecule has 0 saturated carbocycles. The SMILES string of the molecule is COc1ccccc1CNC(=O)c1ncoc1-c1cccs1. The van der Waals surface area contributed by atoms with Gasteiger partial charge < -0.3 is 14.5 Å². The Morgan fingerprint density at radius 3 is 2.95 bits per heavy atom. The molecule has 6 heteroatoms. The van der Waals surface area contributed by atoms with Crippen LogP contribution in [0.2, 0.25) is 0 Å². The van der Waals surface area contributed by atoms with E-state index in [2.05, 4.69) is 10.3 Å². The second kappa shape index (κ2) is 6.44. The Balaban J connectivity index is 1.75. The number of methoxy groups -OCH3 is 1. The Kier molecular flexibility index (Phi) is 4.20. The maximum atomic E-state index is 12.3. The molecule has 0 saturated heterocycles. The van der Waals surface area contributed by atoms with Crippen LogP contribution in [-0.2, 0) is 6.54 Å². The van der Waals surface area contributed by atoms with Crippen molar-refractivity contribution in [1.29, 1.82) is 0 Å². The summed E-state index contributed by atoms with van der Waals surface area (Å²) >= 11 is 1.50. The van der Waals surface area contributed by atoms with Crippen molar-refractivity contribution in [3.63, 3.8) is 0 Å². The minimum absolute atomic E-state index is 0.275. The number of benzene rings is 1. The van der Waals surface area contributed by atoms with Gasteiger partial charge in [0.15, 0.2) is 17.8 Å². The van der Waals surface area contributed by atoms with E-state index in [1.54, 1.807) is 7.11 Å². The second-order valence-corrected chi connectivity index (χ2v) is 5.45. The molecular formula is C16H14N2O3S. The first kappa shape index (κ1) is 14.3. The molecule has 112 valence electrons. The van der Waals surface area contributed by atoms with E-state index in [9.17, 15) is 4.79 Å². The van der Waals surface area contributed by atoms with Crippen LogP contribution in [0.15, 0.2) is 52.6 Å². The monoisotopic (exact) mass is 314 g/mol. The number of nitrogens with one attached hydrogen (secondary N) is 1. The third-order valence-corrected chi connectivity index (χ3v) is 4.03. The first-order valence-electron chi connectivity index (χ1n) is 6.67. The van der Waals surface area contributed by atoms with Crippen LogP contribution in [0, 0.1) is 0 Å². The van der Waals surface area contributed by atoms with Gasteiger partial charge in [-0.05, 0) is 17.5 Å². The van der Waals surface area contributed by atoms with E-state index in [1.165, 1.54) is 17.7 Å². The number of hydrogen-bond donors (Lipinski definition) is 1. The zero-order chi connectivity index (χ0) is 15.4. The fourth-order valence-corrected chi connectivity index (χ4v) is 2.81. The third-order valence-electron chi connectivity index (χ3n) is 3.16. The van der Waals surface area contributed by atoms with Gasteiger partial charge in [-0.2, -0.15) is 0 Å². The van der Waals surface area contributed by atoms with Gasteiger partial charge in [-0.25, -0.2) is 4.98 Å². The molecule has 3 rings (SSSR count). The van der Waals surface area contributed by atoms with Crippen molar-refractivity contribution in [2.45, 2.75) is 6.54 Å². The largest absolute Gasteiger partial charge is 0.496 e. The number of oxazole rings is 1. The second-order valence-electron chi connectivity index (χ2n) is 4.50. The van der Waals surface area contributed by atoms with Crippen molar-refractivity contribution in [2.75, 3.05) is 7.11 Å². The number of thiophene rings is 1. The van der Waals surface area contributed by atoms with E-state index >= 15 is 0 Å². The van der Waals surface area contributed by atoms with Gasteiger partial charge in [0.1, 0.15) is 5.75 Å². The predicted molar refractivity (Wildman–Crippen MR) is 84.0 cm³/mol. The number of ether oxygens (including phenoxy) is 1. The fraction of sp³-hybridized carbons (Fsp3) is 0.125. The quantitative estimate of drug-likeness (QED) is 0.784. The molecule has 0 radical (unpaired) electrons. The summed E-state index contributed by atoms with van der Waals surface area (Å²) in [4.78, 5) is 17.2. The summed E-state index contributed by atoms with van der Waals surface area (Å²) in [5.74, 6) is 0.956. The molecule has 1 aromatic carbocycles. The molecule has 2 heterocycles. The van der Waals surface area contributed by atoms with Gasteiger partial charge in [0, 0.05) is 12.1 Å². The molecule has 0 fully saturated rings. The van der Waals surface area contributed by atoms with Crippen molar-refractivity contribution >= 4 is 17.2 Å². The number of amides is 1. The number of hydrogen-bond acceptors (Lipinski definition) is 5. The Hall–Kier alpha value is -2.60. The van der Waals surface area contributed by atoms with E-state index in [-0.39, 0.29) is 11.6 Å².